The van der Waals surface area contributed by atoms with Crippen molar-refractivity contribution in [2.24, 2.45) is 17.8 Å². The molecule has 1 saturated carbocycles. The summed E-state index contributed by atoms with van der Waals surface area (Å²) in [5.74, 6) is -1.18. The molecule has 3 unspecified atom stereocenters. The number of aliphatic hydroxyl groups is 1. The van der Waals surface area contributed by atoms with Gasteiger partial charge in [0, 0.05) is 18.8 Å². The van der Waals surface area contributed by atoms with Crippen LogP contribution in [-0.4, -0.2) is 29.3 Å². The van der Waals surface area contributed by atoms with E-state index < -0.39 is 11.8 Å². The van der Waals surface area contributed by atoms with Gasteiger partial charge >= 0.3 is 5.97 Å². The average molecular weight is 386 g/mol. The molecule has 1 aromatic carbocycles. The standard InChI is InChI=1S/C23H30O5/c1-12-7-13(2)19(14(3)8-12)20-21(25)17-9-16(11-27-23(5,6)26)10-18(17)22(20)28-15(4)24/h7-8,16-18,26H,9-11H2,1-6H3. The van der Waals surface area contributed by atoms with E-state index in [2.05, 4.69) is 12.1 Å². The maximum absolute atomic E-state index is 13.4. The topological polar surface area (TPSA) is 72.8 Å². The molecule has 0 spiro atoms. The van der Waals surface area contributed by atoms with E-state index in [1.165, 1.54) is 6.92 Å². The Labute approximate surface area is 166 Å². The largest absolute Gasteiger partial charge is 0.430 e. The highest BCUT2D eigenvalue weighted by molar-refractivity contribution is 6.25. The average Bonchev–Trinajstić information content (AvgIpc) is 3.05. The first-order chi connectivity index (χ1) is 13.0. The minimum atomic E-state index is -1.20. The monoisotopic (exact) mass is 386 g/mol. The van der Waals surface area contributed by atoms with Crippen molar-refractivity contribution in [1.82, 2.24) is 0 Å². The molecule has 1 N–H and O–H groups in total. The highest BCUT2D eigenvalue weighted by Gasteiger charge is 2.50. The Balaban J connectivity index is 1.98. The molecule has 0 heterocycles. The number of esters is 1. The van der Waals surface area contributed by atoms with Crippen molar-refractivity contribution in [2.45, 2.75) is 60.2 Å². The Morgan fingerprint density at radius 1 is 1.14 bits per heavy atom. The van der Waals surface area contributed by atoms with Crippen LogP contribution in [0.5, 0.6) is 0 Å². The van der Waals surface area contributed by atoms with E-state index in [9.17, 15) is 14.7 Å². The number of aryl methyl sites for hydroxylation is 3. The second kappa shape index (κ2) is 7.45. The van der Waals surface area contributed by atoms with E-state index in [1.54, 1.807) is 13.8 Å². The summed E-state index contributed by atoms with van der Waals surface area (Å²) in [6.45, 7) is 11.0. The van der Waals surface area contributed by atoms with Gasteiger partial charge in [0.05, 0.1) is 12.2 Å². The predicted molar refractivity (Wildman–Crippen MR) is 106 cm³/mol. The quantitative estimate of drug-likeness (QED) is 0.615. The van der Waals surface area contributed by atoms with Crippen molar-refractivity contribution in [3.8, 4) is 0 Å². The Morgan fingerprint density at radius 2 is 1.71 bits per heavy atom. The molecular formula is C23H30O5. The lowest BCUT2D eigenvalue weighted by atomic mass is 9.90. The van der Waals surface area contributed by atoms with Crippen LogP contribution in [0, 0.1) is 38.5 Å². The molecule has 3 atom stereocenters. The fraction of sp³-hybridized carbons (Fsp3) is 0.565. The molecule has 5 nitrogen and oxygen atoms in total. The minimum absolute atomic E-state index is 0.0575. The van der Waals surface area contributed by atoms with Crippen LogP contribution < -0.4 is 0 Å². The lowest BCUT2D eigenvalue weighted by Crippen LogP contribution is -2.26. The number of Topliss-reactive ketones (excluding diaryl/α,β-unsaturated/α-hetero) is 1. The Bertz CT molecular complexity index is 820. The van der Waals surface area contributed by atoms with Gasteiger partial charge in [-0.2, -0.15) is 0 Å². The first-order valence-electron chi connectivity index (χ1n) is 9.89. The summed E-state index contributed by atoms with van der Waals surface area (Å²) in [5.41, 5.74) is 4.65. The number of ketones is 1. The normalized spacial score (nSPS) is 24.7. The van der Waals surface area contributed by atoms with Crippen molar-refractivity contribution < 1.29 is 24.2 Å². The number of hydrogen-bond donors (Lipinski definition) is 1. The predicted octanol–water partition coefficient (Wildman–Crippen LogP) is 3.86. The molecule has 2 aliphatic rings. The smallest absolute Gasteiger partial charge is 0.307 e. The van der Waals surface area contributed by atoms with E-state index in [0.717, 1.165) is 22.3 Å². The van der Waals surface area contributed by atoms with Crippen molar-refractivity contribution in [2.75, 3.05) is 6.61 Å². The molecule has 3 rings (SSSR count). The maximum Gasteiger partial charge on any atom is 0.307 e. The van der Waals surface area contributed by atoms with Gasteiger partial charge in [0.1, 0.15) is 5.76 Å². The van der Waals surface area contributed by atoms with Crippen molar-refractivity contribution >= 4 is 17.3 Å². The van der Waals surface area contributed by atoms with Crippen LogP contribution in [-0.2, 0) is 19.1 Å². The van der Waals surface area contributed by atoms with Gasteiger partial charge < -0.3 is 14.6 Å². The van der Waals surface area contributed by atoms with Crippen LogP contribution in [0.4, 0.5) is 0 Å². The number of allylic oxidation sites excluding steroid dienone is 2. The fourth-order valence-electron chi connectivity index (χ4n) is 4.77. The van der Waals surface area contributed by atoms with Gasteiger partial charge in [0.2, 0.25) is 0 Å². The summed E-state index contributed by atoms with van der Waals surface area (Å²) in [4.78, 5) is 25.2. The maximum atomic E-state index is 13.4. The zero-order chi connectivity index (χ0) is 20.8. The number of fused-ring (bicyclic) bond motifs is 1. The van der Waals surface area contributed by atoms with Crippen LogP contribution in [0.25, 0.3) is 5.57 Å². The molecule has 1 fully saturated rings. The summed E-state index contributed by atoms with van der Waals surface area (Å²) in [5, 5.41) is 9.81. The fourth-order valence-corrected chi connectivity index (χ4v) is 4.77. The molecule has 0 radical (unpaired) electrons. The molecular weight excluding hydrogens is 356 g/mol. The molecule has 0 aromatic heterocycles. The van der Waals surface area contributed by atoms with Crippen LogP contribution in [0.2, 0.25) is 0 Å². The van der Waals surface area contributed by atoms with Gasteiger partial charge in [-0.1, -0.05) is 17.7 Å². The lowest BCUT2D eigenvalue weighted by Gasteiger charge is -2.22. The molecule has 1 aromatic rings. The third kappa shape index (κ3) is 4.06. The summed E-state index contributed by atoms with van der Waals surface area (Å²) >= 11 is 0. The number of benzene rings is 1. The van der Waals surface area contributed by atoms with Crippen LogP contribution >= 0.6 is 0 Å². The summed E-state index contributed by atoms with van der Waals surface area (Å²) in [6.07, 6.45) is 1.39. The van der Waals surface area contributed by atoms with Gasteiger partial charge in [-0.05, 0) is 70.1 Å². The highest BCUT2D eigenvalue weighted by atomic mass is 16.6. The van der Waals surface area contributed by atoms with Crippen molar-refractivity contribution in [3.63, 3.8) is 0 Å². The van der Waals surface area contributed by atoms with Crippen LogP contribution in [0.3, 0.4) is 0 Å². The van der Waals surface area contributed by atoms with Crippen molar-refractivity contribution in [3.05, 3.63) is 40.1 Å². The van der Waals surface area contributed by atoms with Crippen LogP contribution in [0.15, 0.2) is 17.9 Å². The van der Waals surface area contributed by atoms with E-state index in [1.807, 2.05) is 20.8 Å². The number of ether oxygens (including phenoxy) is 2. The van der Waals surface area contributed by atoms with Gasteiger partial charge in [-0.25, -0.2) is 0 Å². The summed E-state index contributed by atoms with van der Waals surface area (Å²) in [7, 11) is 0. The number of hydrogen-bond acceptors (Lipinski definition) is 5. The first-order valence-corrected chi connectivity index (χ1v) is 9.89. The summed E-state index contributed by atoms with van der Waals surface area (Å²) < 4.78 is 11.1. The Morgan fingerprint density at radius 3 is 2.25 bits per heavy atom. The highest BCUT2D eigenvalue weighted by Crippen LogP contribution is 2.51. The SMILES string of the molecule is CC(=O)OC1=C(c2c(C)cc(C)cc2C)C(=O)C2CC(COC(C)(C)O)CC12. The van der Waals surface area contributed by atoms with E-state index >= 15 is 0 Å². The van der Waals surface area contributed by atoms with E-state index in [0.29, 0.717) is 30.8 Å². The third-order valence-electron chi connectivity index (χ3n) is 5.68. The molecule has 0 amide bonds. The molecule has 0 aliphatic heterocycles. The minimum Gasteiger partial charge on any atom is -0.430 e. The van der Waals surface area contributed by atoms with Gasteiger partial charge in [0.15, 0.2) is 11.6 Å². The van der Waals surface area contributed by atoms with Gasteiger partial charge in [-0.15, -0.1) is 0 Å². The Hall–Kier alpha value is -1.98. The summed E-state index contributed by atoms with van der Waals surface area (Å²) in [6, 6.07) is 4.12. The van der Waals surface area contributed by atoms with E-state index in [-0.39, 0.29) is 23.5 Å². The molecule has 2 aliphatic carbocycles. The second-order valence-electron chi connectivity index (χ2n) is 8.78. The molecule has 0 saturated heterocycles. The van der Waals surface area contributed by atoms with Crippen molar-refractivity contribution in [1.29, 1.82) is 0 Å². The number of carbonyl (C=O) groups excluding carboxylic acids is 2. The second-order valence-corrected chi connectivity index (χ2v) is 8.78. The van der Waals surface area contributed by atoms with E-state index in [4.69, 9.17) is 9.47 Å². The van der Waals surface area contributed by atoms with Crippen LogP contribution in [0.1, 0.15) is 55.9 Å². The molecule has 5 heteroatoms. The lowest BCUT2D eigenvalue weighted by molar-refractivity contribution is -0.183. The molecule has 152 valence electrons. The number of rotatable bonds is 5. The number of carbonyl (C=O) groups is 2. The first kappa shape index (κ1) is 20.7. The Kier molecular flexibility index (Phi) is 5.52. The van der Waals surface area contributed by atoms with Gasteiger partial charge in [0.25, 0.3) is 0 Å². The zero-order valence-electron chi connectivity index (χ0n) is 17.6. The molecule has 0 bridgehead atoms. The zero-order valence-corrected chi connectivity index (χ0v) is 17.6. The molecule has 28 heavy (non-hydrogen) atoms. The third-order valence-corrected chi connectivity index (χ3v) is 5.68. The van der Waals surface area contributed by atoms with Gasteiger partial charge in [-0.3, -0.25) is 9.59 Å².